The molecule has 2 aromatic heterocycles. The predicted molar refractivity (Wildman–Crippen MR) is 144 cm³/mol. The number of hydrogen-bond acceptors (Lipinski definition) is 5. The van der Waals surface area contributed by atoms with Crippen molar-refractivity contribution in [1.29, 1.82) is 5.26 Å². The number of pyridine rings is 1. The van der Waals surface area contributed by atoms with Crippen molar-refractivity contribution in [2.24, 2.45) is 0 Å². The van der Waals surface area contributed by atoms with E-state index in [1.165, 1.54) is 31.8 Å². The molecule has 1 unspecified atom stereocenters. The summed E-state index contributed by atoms with van der Waals surface area (Å²) in [5, 5.41) is 11.3. The highest BCUT2D eigenvalue weighted by Crippen LogP contribution is 2.32. The molecule has 0 N–H and O–H groups in total. The molecule has 5 rings (SSSR count). The summed E-state index contributed by atoms with van der Waals surface area (Å²) >= 11 is 1.92. The molecule has 1 fully saturated rings. The molecule has 0 amide bonds. The zero-order valence-electron chi connectivity index (χ0n) is 20.6. The van der Waals surface area contributed by atoms with Crippen LogP contribution in [0.4, 0.5) is 0 Å². The third-order valence-corrected chi connectivity index (χ3v) is 8.34. The molecule has 1 saturated heterocycles. The average Bonchev–Trinajstić information content (AvgIpc) is 3.18. The van der Waals surface area contributed by atoms with Crippen LogP contribution < -0.4 is 10.6 Å². The van der Waals surface area contributed by atoms with Crippen molar-refractivity contribution in [3.8, 4) is 6.07 Å². The Labute approximate surface area is 212 Å². The van der Waals surface area contributed by atoms with E-state index in [4.69, 9.17) is 10.2 Å². The van der Waals surface area contributed by atoms with Gasteiger partial charge < -0.3 is 4.90 Å². The van der Waals surface area contributed by atoms with Gasteiger partial charge in [0.15, 0.2) is 0 Å². The van der Waals surface area contributed by atoms with Crippen LogP contribution in [-0.2, 0) is 12.8 Å². The fourth-order valence-corrected chi connectivity index (χ4v) is 6.50. The zero-order chi connectivity index (χ0) is 24.0. The second-order valence-corrected chi connectivity index (χ2v) is 11.0. The first-order valence-corrected chi connectivity index (χ1v) is 13.7. The third kappa shape index (κ3) is 5.50. The number of thiophene rings is 1. The molecule has 3 aromatic rings. The Morgan fingerprint density at radius 3 is 2.86 bits per heavy atom. The highest BCUT2D eigenvalue weighted by molar-refractivity contribution is 7.12. The van der Waals surface area contributed by atoms with Gasteiger partial charge >= 0.3 is 0 Å². The minimum Gasteiger partial charge on any atom is -0.366 e. The van der Waals surface area contributed by atoms with Gasteiger partial charge in [0, 0.05) is 60.0 Å². The minimum atomic E-state index is 0.487. The molecule has 2 aliphatic rings. The monoisotopic (exact) mass is 482 g/mol. The summed E-state index contributed by atoms with van der Waals surface area (Å²) in [6.07, 6.45) is 10.2. The predicted octanol–water partition coefficient (Wildman–Crippen LogP) is 4.26. The summed E-state index contributed by atoms with van der Waals surface area (Å²) in [4.78, 5) is 13.0. The third-order valence-electron chi connectivity index (χ3n) is 7.27. The van der Waals surface area contributed by atoms with Gasteiger partial charge in [-0.25, -0.2) is 0 Å². The fraction of sp³-hybridized carbons (Fsp3) is 0.400. The van der Waals surface area contributed by atoms with Crippen LogP contribution in [0.3, 0.4) is 0 Å². The van der Waals surface area contributed by atoms with Crippen LogP contribution in [0.1, 0.15) is 46.6 Å². The molecule has 5 heteroatoms. The molecule has 1 aromatic carbocycles. The van der Waals surface area contributed by atoms with Crippen molar-refractivity contribution in [2.45, 2.75) is 51.5 Å². The van der Waals surface area contributed by atoms with Gasteiger partial charge in [-0.2, -0.15) is 5.26 Å². The van der Waals surface area contributed by atoms with Crippen LogP contribution in [0, 0.1) is 18.3 Å². The molecule has 0 bridgehead atoms. The van der Waals surface area contributed by atoms with Gasteiger partial charge in [0.1, 0.15) is 0 Å². The molecule has 0 radical (unpaired) electrons. The number of nitrogens with zero attached hydrogens (tertiary/aromatic N) is 4. The fourth-order valence-electron chi connectivity index (χ4n) is 5.51. The lowest BCUT2D eigenvalue weighted by Gasteiger charge is -2.43. The molecular formula is C30H34N4S. The van der Waals surface area contributed by atoms with Crippen molar-refractivity contribution in [2.75, 3.05) is 26.2 Å². The first-order chi connectivity index (χ1) is 17.2. The first kappa shape index (κ1) is 23.8. The molecule has 180 valence electrons. The Morgan fingerprint density at radius 2 is 2.00 bits per heavy atom. The van der Waals surface area contributed by atoms with E-state index in [-0.39, 0.29) is 0 Å². The lowest BCUT2D eigenvalue weighted by atomic mass is 10.00. The van der Waals surface area contributed by atoms with Gasteiger partial charge in [-0.3, -0.25) is 9.88 Å². The minimum absolute atomic E-state index is 0.487. The SMILES string of the molecule is Cc1cc2c(s1)CC=c1cccnc1=C2N1CCN(CCCCC#N)C(CCc2ccccc2)C1. The average molecular weight is 483 g/mol. The summed E-state index contributed by atoms with van der Waals surface area (Å²) in [6.45, 7) is 6.39. The van der Waals surface area contributed by atoms with Crippen LogP contribution in [-0.4, -0.2) is 47.0 Å². The van der Waals surface area contributed by atoms with Gasteiger partial charge in [0.2, 0.25) is 0 Å². The van der Waals surface area contributed by atoms with Gasteiger partial charge in [-0.1, -0.05) is 42.5 Å². The maximum Gasteiger partial charge on any atom is 0.0938 e. The zero-order valence-corrected chi connectivity index (χ0v) is 21.4. The van der Waals surface area contributed by atoms with Gasteiger partial charge in [-0.05, 0) is 62.1 Å². The molecule has 35 heavy (non-hydrogen) atoms. The summed E-state index contributed by atoms with van der Waals surface area (Å²) in [6, 6.07) is 20.3. The van der Waals surface area contributed by atoms with Crippen LogP contribution in [0.5, 0.6) is 0 Å². The molecule has 1 aliphatic heterocycles. The first-order valence-electron chi connectivity index (χ1n) is 12.9. The number of benzene rings is 1. The largest absolute Gasteiger partial charge is 0.366 e. The summed E-state index contributed by atoms with van der Waals surface area (Å²) in [5.41, 5.74) is 4.11. The number of fused-ring (bicyclic) bond motifs is 2. The molecule has 0 spiro atoms. The highest BCUT2D eigenvalue weighted by atomic mass is 32.1. The Morgan fingerprint density at radius 1 is 1.11 bits per heavy atom. The van der Waals surface area contributed by atoms with Crippen LogP contribution >= 0.6 is 11.3 Å². The smallest absolute Gasteiger partial charge is 0.0938 e. The van der Waals surface area contributed by atoms with Crippen molar-refractivity contribution in [3.63, 3.8) is 0 Å². The van der Waals surface area contributed by atoms with Crippen molar-refractivity contribution in [1.82, 2.24) is 14.8 Å². The Balaban J connectivity index is 1.45. The standard InChI is InChI=1S/C30H34N4S/c1-23-21-27-28(35-23)15-13-25-11-8-17-32-29(25)30(27)34-20-19-33(18-7-3-6-16-31)26(22-34)14-12-24-9-4-2-5-10-24/h2,4-5,8-11,13,17,21,26H,3,6-7,12,14-15,18-20,22H2,1H3. The number of hydrogen-bond donors (Lipinski definition) is 0. The van der Waals surface area contributed by atoms with E-state index in [0.29, 0.717) is 12.5 Å². The second-order valence-electron chi connectivity index (χ2n) is 9.67. The maximum absolute atomic E-state index is 8.95. The molecule has 4 nitrogen and oxygen atoms in total. The number of piperazine rings is 1. The maximum atomic E-state index is 8.95. The molecule has 3 heterocycles. The molecule has 1 atom stereocenters. The Bertz CT molecular complexity index is 1300. The van der Waals surface area contributed by atoms with Crippen molar-refractivity contribution < 1.29 is 0 Å². The Hall–Kier alpha value is -2.94. The highest BCUT2D eigenvalue weighted by Gasteiger charge is 2.30. The normalized spacial score (nSPS) is 17.8. The van der Waals surface area contributed by atoms with Crippen LogP contribution in [0.2, 0.25) is 0 Å². The number of rotatable bonds is 8. The second kappa shape index (κ2) is 11.2. The summed E-state index contributed by atoms with van der Waals surface area (Å²) < 4.78 is 0. The quantitative estimate of drug-likeness (QED) is 0.450. The molecular weight excluding hydrogens is 448 g/mol. The van der Waals surface area contributed by atoms with Crippen LogP contribution in [0.15, 0.2) is 54.7 Å². The lowest BCUT2D eigenvalue weighted by molar-refractivity contribution is 0.0989. The molecule has 1 aliphatic carbocycles. The van der Waals surface area contributed by atoms with Gasteiger partial charge in [0.25, 0.3) is 0 Å². The van der Waals surface area contributed by atoms with Gasteiger partial charge in [0.05, 0.1) is 17.1 Å². The van der Waals surface area contributed by atoms with Crippen molar-refractivity contribution in [3.05, 3.63) is 86.2 Å². The summed E-state index contributed by atoms with van der Waals surface area (Å²) in [7, 11) is 0. The van der Waals surface area contributed by atoms with E-state index >= 15 is 0 Å². The van der Waals surface area contributed by atoms with Crippen LogP contribution in [0.25, 0.3) is 11.8 Å². The lowest BCUT2D eigenvalue weighted by Crippen LogP contribution is -2.54. The van der Waals surface area contributed by atoms with Crippen molar-refractivity contribution >= 4 is 23.1 Å². The van der Waals surface area contributed by atoms with E-state index in [1.807, 2.05) is 17.5 Å². The topological polar surface area (TPSA) is 43.2 Å². The number of aryl methyl sites for hydroxylation is 2. The number of unbranched alkanes of at least 4 members (excludes halogenated alkanes) is 2. The number of nitriles is 1. The number of aromatic nitrogens is 1. The van der Waals surface area contributed by atoms with Gasteiger partial charge in [-0.15, -0.1) is 11.3 Å². The van der Waals surface area contributed by atoms with E-state index < -0.39 is 0 Å². The van der Waals surface area contributed by atoms with E-state index in [2.05, 4.69) is 77.4 Å². The van der Waals surface area contributed by atoms with E-state index in [1.54, 1.807) is 0 Å². The van der Waals surface area contributed by atoms with E-state index in [9.17, 15) is 0 Å². The molecule has 0 saturated carbocycles. The van der Waals surface area contributed by atoms with E-state index in [0.717, 1.165) is 63.6 Å². The Kier molecular flexibility index (Phi) is 7.61. The summed E-state index contributed by atoms with van der Waals surface area (Å²) in [5.74, 6) is 0.